The summed E-state index contributed by atoms with van der Waals surface area (Å²) in [6, 6.07) is 5.32. The Morgan fingerprint density at radius 1 is 1.13 bits per heavy atom. The molecule has 1 aromatic rings. The van der Waals surface area contributed by atoms with Crippen LogP contribution in [0.4, 0.5) is 0 Å². The number of ketones is 2. The smallest absolute Gasteiger partial charge is 0.227 e. The largest absolute Gasteiger partial charge is 0.341 e. The van der Waals surface area contributed by atoms with Crippen molar-refractivity contribution in [3.63, 3.8) is 0 Å². The first kappa shape index (κ1) is 21.8. The summed E-state index contributed by atoms with van der Waals surface area (Å²) in [7, 11) is 1.85. The van der Waals surface area contributed by atoms with Crippen LogP contribution in [0, 0.1) is 5.41 Å². The Hall–Kier alpha value is -1.43. The topological polar surface area (TPSA) is 57.7 Å². The summed E-state index contributed by atoms with van der Waals surface area (Å²) in [5.41, 5.74) is 0.0181. The number of hydrogen-bond donors (Lipinski definition) is 0. The second-order valence-electron chi connectivity index (χ2n) is 8.98. The van der Waals surface area contributed by atoms with Gasteiger partial charge in [-0.1, -0.05) is 29.3 Å². The summed E-state index contributed by atoms with van der Waals surface area (Å²) in [6.07, 6.45) is 5.05. The number of nitrogens with zero attached hydrogens (tertiary/aromatic N) is 2. The van der Waals surface area contributed by atoms with E-state index in [1.165, 1.54) is 0 Å². The minimum Gasteiger partial charge on any atom is -0.341 e. The van der Waals surface area contributed by atoms with Crippen molar-refractivity contribution < 1.29 is 14.4 Å². The van der Waals surface area contributed by atoms with Crippen molar-refractivity contribution in [2.75, 3.05) is 20.1 Å². The van der Waals surface area contributed by atoms with Crippen LogP contribution in [0.3, 0.4) is 0 Å². The lowest BCUT2D eigenvalue weighted by Crippen LogP contribution is -2.58. The zero-order valence-electron chi connectivity index (χ0n) is 17.3. The molecule has 162 valence electrons. The second-order valence-corrected chi connectivity index (χ2v) is 9.79. The first-order valence-electron chi connectivity index (χ1n) is 10.8. The van der Waals surface area contributed by atoms with Crippen LogP contribution < -0.4 is 0 Å². The molecule has 0 N–H and O–H groups in total. The van der Waals surface area contributed by atoms with Crippen LogP contribution in [0.15, 0.2) is 18.2 Å². The lowest BCUT2D eigenvalue weighted by atomic mass is 9.67. The minimum absolute atomic E-state index is 0.00481. The number of rotatable bonds is 4. The molecule has 2 saturated carbocycles. The summed E-state index contributed by atoms with van der Waals surface area (Å²) in [4.78, 5) is 42.7. The molecule has 30 heavy (non-hydrogen) atoms. The van der Waals surface area contributed by atoms with Crippen molar-refractivity contribution in [3.05, 3.63) is 33.8 Å². The van der Waals surface area contributed by atoms with E-state index in [0.29, 0.717) is 42.1 Å². The van der Waals surface area contributed by atoms with Gasteiger partial charge >= 0.3 is 0 Å². The van der Waals surface area contributed by atoms with Crippen LogP contribution >= 0.6 is 23.2 Å². The SMILES string of the molecule is CN(C(=O)Cc1ccc(Cl)c(Cl)c1)C1CCC2(CC1N1CCCC1)C(=O)CCC2=O. The third-order valence-corrected chi connectivity index (χ3v) is 8.09. The van der Waals surface area contributed by atoms with E-state index in [4.69, 9.17) is 23.2 Å². The molecule has 0 radical (unpaired) electrons. The van der Waals surface area contributed by atoms with E-state index in [9.17, 15) is 14.4 Å². The van der Waals surface area contributed by atoms with E-state index in [0.717, 1.165) is 31.5 Å². The normalized spacial score (nSPS) is 26.5. The Morgan fingerprint density at radius 3 is 2.43 bits per heavy atom. The molecule has 2 unspecified atom stereocenters. The molecule has 1 heterocycles. The number of benzene rings is 1. The van der Waals surface area contributed by atoms with E-state index >= 15 is 0 Å². The number of likely N-dealkylation sites (N-methyl/N-ethyl adjacent to an activating group) is 1. The van der Waals surface area contributed by atoms with Gasteiger partial charge in [-0.3, -0.25) is 19.3 Å². The van der Waals surface area contributed by atoms with Gasteiger partial charge in [-0.15, -0.1) is 0 Å². The monoisotopic (exact) mass is 450 g/mol. The Labute approximate surface area is 187 Å². The van der Waals surface area contributed by atoms with Gasteiger partial charge in [-0.25, -0.2) is 0 Å². The molecule has 2 aliphatic carbocycles. The van der Waals surface area contributed by atoms with E-state index in [1.807, 2.05) is 18.0 Å². The van der Waals surface area contributed by atoms with Crippen molar-refractivity contribution in [2.45, 2.75) is 63.5 Å². The molecule has 0 bridgehead atoms. The quantitative estimate of drug-likeness (QED) is 0.651. The molecular weight excluding hydrogens is 423 g/mol. The van der Waals surface area contributed by atoms with E-state index in [1.54, 1.807) is 12.1 Å². The average Bonchev–Trinajstić information content (AvgIpc) is 3.35. The molecule has 5 nitrogen and oxygen atoms in total. The number of Topliss-reactive ketones (excluding diaryl/α,β-unsaturated/α-hetero) is 2. The van der Waals surface area contributed by atoms with Gasteiger partial charge in [0.25, 0.3) is 0 Å². The molecule has 4 rings (SSSR count). The minimum atomic E-state index is -0.808. The predicted molar refractivity (Wildman–Crippen MR) is 117 cm³/mol. The third-order valence-electron chi connectivity index (χ3n) is 7.36. The highest BCUT2D eigenvalue weighted by Gasteiger charge is 2.55. The summed E-state index contributed by atoms with van der Waals surface area (Å²) in [5, 5.41) is 0.913. The van der Waals surface area contributed by atoms with Crippen LogP contribution in [0.1, 0.15) is 50.5 Å². The van der Waals surface area contributed by atoms with Gasteiger partial charge in [0, 0.05) is 32.0 Å². The van der Waals surface area contributed by atoms with Crippen molar-refractivity contribution in [1.82, 2.24) is 9.80 Å². The van der Waals surface area contributed by atoms with E-state index in [2.05, 4.69) is 4.90 Å². The standard InChI is InChI=1S/C23H28Cl2N2O3/c1-26(22(30)13-15-4-5-16(24)17(25)12-15)18-8-9-23(20(28)6-7-21(23)29)14-19(18)27-10-2-3-11-27/h4-5,12,18-19H,2-3,6-11,13-14H2,1H3. The molecule has 1 aromatic carbocycles. The van der Waals surface area contributed by atoms with E-state index in [-0.39, 0.29) is 36.0 Å². The van der Waals surface area contributed by atoms with Crippen molar-refractivity contribution >= 4 is 40.7 Å². The zero-order valence-corrected chi connectivity index (χ0v) is 18.8. The Bertz CT molecular complexity index is 850. The number of hydrogen-bond acceptors (Lipinski definition) is 4. The number of carbonyl (C=O) groups is 3. The van der Waals surface area contributed by atoms with Crippen LogP contribution in [-0.4, -0.2) is 59.5 Å². The van der Waals surface area contributed by atoms with Crippen molar-refractivity contribution in [3.8, 4) is 0 Å². The van der Waals surface area contributed by atoms with Gasteiger partial charge in [0.15, 0.2) is 0 Å². The Kier molecular flexibility index (Phi) is 6.25. The fourth-order valence-corrected chi connectivity index (χ4v) is 5.90. The van der Waals surface area contributed by atoms with Gasteiger partial charge < -0.3 is 4.90 Å². The van der Waals surface area contributed by atoms with Gasteiger partial charge in [0.1, 0.15) is 11.6 Å². The maximum atomic E-state index is 13.1. The summed E-state index contributed by atoms with van der Waals surface area (Å²) >= 11 is 12.1. The average molecular weight is 451 g/mol. The number of halogens is 2. The van der Waals surface area contributed by atoms with Crippen LogP contribution in [0.5, 0.6) is 0 Å². The molecule has 1 saturated heterocycles. The van der Waals surface area contributed by atoms with Gasteiger partial charge in [-0.2, -0.15) is 0 Å². The summed E-state index contributed by atoms with van der Waals surface area (Å²) in [5.74, 6) is 0.238. The molecule has 3 aliphatic rings. The first-order chi connectivity index (χ1) is 14.3. The molecule has 1 spiro atoms. The maximum Gasteiger partial charge on any atom is 0.227 e. The van der Waals surface area contributed by atoms with Crippen LogP contribution in [-0.2, 0) is 20.8 Å². The lowest BCUT2D eigenvalue weighted by molar-refractivity contribution is -0.142. The highest BCUT2D eigenvalue weighted by Crippen LogP contribution is 2.47. The fourth-order valence-electron chi connectivity index (χ4n) is 5.58. The van der Waals surface area contributed by atoms with Crippen molar-refractivity contribution in [1.29, 1.82) is 0 Å². The van der Waals surface area contributed by atoms with Crippen LogP contribution in [0.25, 0.3) is 0 Å². The molecular formula is C23H28Cl2N2O3. The van der Waals surface area contributed by atoms with Gasteiger partial charge in [0.05, 0.1) is 21.9 Å². The third kappa shape index (κ3) is 3.92. The number of carbonyl (C=O) groups excluding carboxylic acids is 3. The molecule has 0 aromatic heterocycles. The summed E-state index contributed by atoms with van der Waals surface area (Å²) in [6.45, 7) is 1.93. The van der Waals surface area contributed by atoms with Gasteiger partial charge in [0.2, 0.25) is 5.91 Å². The van der Waals surface area contributed by atoms with E-state index < -0.39 is 5.41 Å². The second kappa shape index (κ2) is 8.60. The maximum absolute atomic E-state index is 13.1. The molecule has 3 fully saturated rings. The molecule has 1 aliphatic heterocycles. The Morgan fingerprint density at radius 2 is 1.80 bits per heavy atom. The number of amides is 1. The number of likely N-dealkylation sites (tertiary alicyclic amines) is 1. The van der Waals surface area contributed by atoms with Crippen molar-refractivity contribution in [2.24, 2.45) is 5.41 Å². The zero-order chi connectivity index (χ0) is 21.5. The summed E-state index contributed by atoms with van der Waals surface area (Å²) < 4.78 is 0. The highest BCUT2D eigenvalue weighted by atomic mass is 35.5. The van der Waals surface area contributed by atoms with Gasteiger partial charge in [-0.05, 0) is 62.9 Å². The molecule has 2 atom stereocenters. The fraction of sp³-hybridized carbons (Fsp3) is 0.609. The predicted octanol–water partition coefficient (Wildman–Crippen LogP) is 3.93. The lowest BCUT2D eigenvalue weighted by Gasteiger charge is -2.47. The Balaban J connectivity index is 1.53. The molecule has 7 heteroatoms. The first-order valence-corrected chi connectivity index (χ1v) is 11.6. The molecule has 1 amide bonds. The van der Waals surface area contributed by atoms with Crippen LogP contribution in [0.2, 0.25) is 10.0 Å². The highest BCUT2D eigenvalue weighted by molar-refractivity contribution is 6.42.